The summed E-state index contributed by atoms with van der Waals surface area (Å²) in [6.07, 6.45) is 0.929. The van der Waals surface area contributed by atoms with Crippen molar-refractivity contribution in [1.29, 1.82) is 0 Å². The van der Waals surface area contributed by atoms with Gasteiger partial charge in [-0.3, -0.25) is 0 Å². The Morgan fingerprint density at radius 2 is 2.25 bits per heavy atom. The Kier molecular flexibility index (Phi) is 5.22. The summed E-state index contributed by atoms with van der Waals surface area (Å²) < 4.78 is 18.0. The van der Waals surface area contributed by atoms with E-state index in [1.807, 2.05) is 0 Å². The smallest absolute Gasteiger partial charge is 0.165 e. The number of ether oxygens (including phenoxy) is 1. The maximum Gasteiger partial charge on any atom is 0.165 e. The maximum atomic E-state index is 13.1. The molecule has 4 heteroatoms. The van der Waals surface area contributed by atoms with E-state index in [1.54, 1.807) is 12.1 Å². The van der Waals surface area contributed by atoms with Crippen molar-refractivity contribution in [3.8, 4) is 5.75 Å². The Hall–Kier alpha value is -1.13. The predicted octanol–water partition coefficient (Wildman–Crippen LogP) is 1.66. The third-order valence-corrected chi connectivity index (χ3v) is 2.47. The van der Waals surface area contributed by atoms with E-state index in [4.69, 9.17) is 10.5 Å². The van der Waals surface area contributed by atoms with Crippen molar-refractivity contribution in [3.05, 3.63) is 29.6 Å². The van der Waals surface area contributed by atoms with E-state index in [-0.39, 0.29) is 11.6 Å². The topological polar surface area (TPSA) is 47.3 Å². The molecule has 0 amide bonds. The first-order valence-electron chi connectivity index (χ1n) is 5.43. The number of nitrogens with two attached hydrogens (primary N) is 1. The molecule has 90 valence electrons. The van der Waals surface area contributed by atoms with E-state index in [1.165, 1.54) is 13.2 Å². The fourth-order valence-electron chi connectivity index (χ4n) is 1.46. The number of nitrogens with one attached hydrogen (secondary N) is 1. The average molecular weight is 226 g/mol. The minimum atomic E-state index is -0.332. The number of hydrogen-bond donors (Lipinski definition) is 2. The van der Waals surface area contributed by atoms with E-state index in [2.05, 4.69) is 12.2 Å². The van der Waals surface area contributed by atoms with E-state index >= 15 is 0 Å². The zero-order valence-electron chi connectivity index (χ0n) is 9.79. The lowest BCUT2D eigenvalue weighted by Gasteiger charge is -2.13. The van der Waals surface area contributed by atoms with Gasteiger partial charge in [-0.05, 0) is 37.6 Å². The van der Waals surface area contributed by atoms with Gasteiger partial charge < -0.3 is 15.8 Å². The van der Waals surface area contributed by atoms with Crippen LogP contribution >= 0.6 is 0 Å². The summed E-state index contributed by atoms with van der Waals surface area (Å²) in [6, 6.07) is 5.24. The van der Waals surface area contributed by atoms with Crippen molar-refractivity contribution >= 4 is 0 Å². The highest BCUT2D eigenvalue weighted by molar-refractivity contribution is 5.30. The van der Waals surface area contributed by atoms with E-state index in [0.29, 0.717) is 19.1 Å². The lowest BCUT2D eigenvalue weighted by Crippen LogP contribution is -2.27. The third kappa shape index (κ3) is 3.79. The molecule has 0 aliphatic rings. The Bertz CT molecular complexity index is 331. The highest BCUT2D eigenvalue weighted by atomic mass is 19.1. The van der Waals surface area contributed by atoms with Crippen LogP contribution in [0.25, 0.3) is 0 Å². The maximum absolute atomic E-state index is 13.1. The molecule has 1 aromatic rings. The monoisotopic (exact) mass is 226 g/mol. The normalized spacial score (nSPS) is 12.5. The zero-order chi connectivity index (χ0) is 12.0. The van der Waals surface area contributed by atoms with Crippen molar-refractivity contribution < 1.29 is 9.13 Å². The summed E-state index contributed by atoms with van der Waals surface area (Å²) >= 11 is 0. The average Bonchev–Trinajstić information content (AvgIpc) is 2.28. The zero-order valence-corrected chi connectivity index (χ0v) is 9.79. The highest BCUT2D eigenvalue weighted by Gasteiger charge is 2.04. The van der Waals surface area contributed by atoms with Gasteiger partial charge in [0.2, 0.25) is 0 Å². The molecule has 0 fully saturated rings. The largest absolute Gasteiger partial charge is 0.494 e. The predicted molar refractivity (Wildman–Crippen MR) is 62.9 cm³/mol. The fraction of sp³-hybridized carbons (Fsp3) is 0.500. The standard InChI is InChI=1S/C12H19FN2O/c1-9(5-6-14)15-8-10-3-4-11(13)12(7-10)16-2/h3-4,7,9,15H,5-6,8,14H2,1-2H3. The minimum Gasteiger partial charge on any atom is -0.494 e. The van der Waals surface area contributed by atoms with Crippen LogP contribution in [0.1, 0.15) is 18.9 Å². The van der Waals surface area contributed by atoms with Crippen LogP contribution in [-0.4, -0.2) is 19.7 Å². The molecule has 3 nitrogen and oxygen atoms in total. The molecule has 1 aromatic carbocycles. The molecule has 0 bridgehead atoms. The van der Waals surface area contributed by atoms with Gasteiger partial charge in [0.05, 0.1) is 7.11 Å². The molecule has 0 saturated heterocycles. The van der Waals surface area contributed by atoms with Crippen LogP contribution in [0.2, 0.25) is 0 Å². The third-order valence-electron chi connectivity index (χ3n) is 2.47. The summed E-state index contributed by atoms with van der Waals surface area (Å²) in [5.41, 5.74) is 6.46. The van der Waals surface area contributed by atoms with Gasteiger partial charge in [0.15, 0.2) is 11.6 Å². The second-order valence-electron chi connectivity index (χ2n) is 3.83. The molecule has 0 heterocycles. The molecule has 0 radical (unpaired) electrons. The molecule has 0 aromatic heterocycles. The van der Waals surface area contributed by atoms with Crippen LogP contribution in [-0.2, 0) is 6.54 Å². The number of rotatable bonds is 6. The van der Waals surface area contributed by atoms with Gasteiger partial charge in [-0.15, -0.1) is 0 Å². The minimum absolute atomic E-state index is 0.283. The summed E-state index contributed by atoms with van der Waals surface area (Å²) in [6.45, 7) is 3.44. The van der Waals surface area contributed by atoms with Crippen LogP contribution in [0.5, 0.6) is 5.75 Å². The number of benzene rings is 1. The molecule has 1 atom stereocenters. The second-order valence-corrected chi connectivity index (χ2v) is 3.83. The van der Waals surface area contributed by atoms with E-state index < -0.39 is 0 Å². The van der Waals surface area contributed by atoms with Gasteiger partial charge in [-0.1, -0.05) is 6.07 Å². The first kappa shape index (κ1) is 12.9. The van der Waals surface area contributed by atoms with Crippen LogP contribution in [0, 0.1) is 5.82 Å². The van der Waals surface area contributed by atoms with Gasteiger partial charge in [0, 0.05) is 12.6 Å². The first-order valence-corrected chi connectivity index (χ1v) is 5.43. The number of hydrogen-bond acceptors (Lipinski definition) is 3. The SMILES string of the molecule is COc1cc(CNC(C)CCN)ccc1F. The molecule has 0 saturated carbocycles. The van der Waals surface area contributed by atoms with Crippen molar-refractivity contribution in [2.75, 3.05) is 13.7 Å². The molecular weight excluding hydrogens is 207 g/mol. The molecule has 0 aliphatic heterocycles. The van der Waals surface area contributed by atoms with Gasteiger partial charge >= 0.3 is 0 Å². The molecule has 1 rings (SSSR count). The highest BCUT2D eigenvalue weighted by Crippen LogP contribution is 2.18. The molecule has 0 spiro atoms. The first-order chi connectivity index (χ1) is 7.67. The Morgan fingerprint density at radius 3 is 2.88 bits per heavy atom. The van der Waals surface area contributed by atoms with Crippen LogP contribution in [0.3, 0.4) is 0 Å². The van der Waals surface area contributed by atoms with E-state index in [0.717, 1.165) is 12.0 Å². The van der Waals surface area contributed by atoms with Gasteiger partial charge in [-0.25, -0.2) is 4.39 Å². The van der Waals surface area contributed by atoms with Crippen molar-refractivity contribution in [2.24, 2.45) is 5.73 Å². The molecule has 1 unspecified atom stereocenters. The fourth-order valence-corrected chi connectivity index (χ4v) is 1.46. The lowest BCUT2D eigenvalue weighted by atomic mass is 10.2. The summed E-state index contributed by atoms with van der Waals surface area (Å²) in [5.74, 6) is -0.0490. The van der Waals surface area contributed by atoms with Crippen LogP contribution in [0.4, 0.5) is 4.39 Å². The van der Waals surface area contributed by atoms with Gasteiger partial charge in [-0.2, -0.15) is 0 Å². The van der Waals surface area contributed by atoms with Gasteiger partial charge in [0.1, 0.15) is 0 Å². The summed E-state index contributed by atoms with van der Waals surface area (Å²) in [5, 5.41) is 3.31. The van der Waals surface area contributed by atoms with Crippen LogP contribution in [0.15, 0.2) is 18.2 Å². The molecule has 16 heavy (non-hydrogen) atoms. The molecule has 0 aliphatic carbocycles. The lowest BCUT2D eigenvalue weighted by molar-refractivity contribution is 0.385. The summed E-state index contributed by atoms with van der Waals surface area (Å²) in [4.78, 5) is 0. The molecular formula is C12H19FN2O. The number of methoxy groups -OCH3 is 1. The van der Waals surface area contributed by atoms with E-state index in [9.17, 15) is 4.39 Å². The van der Waals surface area contributed by atoms with Crippen molar-refractivity contribution in [3.63, 3.8) is 0 Å². The summed E-state index contributed by atoms with van der Waals surface area (Å²) in [7, 11) is 1.46. The van der Waals surface area contributed by atoms with Crippen molar-refractivity contribution in [2.45, 2.75) is 25.9 Å². The van der Waals surface area contributed by atoms with Gasteiger partial charge in [0.25, 0.3) is 0 Å². The quantitative estimate of drug-likeness (QED) is 0.775. The Labute approximate surface area is 95.8 Å². The van der Waals surface area contributed by atoms with Crippen molar-refractivity contribution in [1.82, 2.24) is 5.32 Å². The second kappa shape index (κ2) is 6.45. The Balaban J connectivity index is 2.54. The number of halogens is 1. The molecule has 3 N–H and O–H groups in total. The van der Waals surface area contributed by atoms with Crippen LogP contribution < -0.4 is 15.8 Å². The Morgan fingerprint density at radius 1 is 1.50 bits per heavy atom.